The standard InChI is InChI=1S/C17H18BF3N2O/c1-3-23(4-2)16-10-5-13(17(11-16)24-18(20)21)12-22-15-8-6-14(19)7-9-15/h5-12H,3-4H2,1-2H3. The van der Waals surface area contributed by atoms with Crippen molar-refractivity contribution >= 4 is 25.1 Å². The number of anilines is 1. The van der Waals surface area contributed by atoms with Crippen LogP contribution in [0.3, 0.4) is 0 Å². The third-order valence-electron chi connectivity index (χ3n) is 3.52. The van der Waals surface area contributed by atoms with Crippen LogP contribution in [0.25, 0.3) is 0 Å². The molecule has 0 radical (unpaired) electrons. The maximum Gasteiger partial charge on any atom is 0.796 e. The highest BCUT2D eigenvalue weighted by Crippen LogP contribution is 2.26. The molecular weight excluding hydrogens is 316 g/mol. The molecular formula is C17H18BF3N2O. The monoisotopic (exact) mass is 334 g/mol. The Morgan fingerprint density at radius 1 is 1.08 bits per heavy atom. The van der Waals surface area contributed by atoms with E-state index in [1.165, 1.54) is 30.5 Å². The molecule has 0 fully saturated rings. The van der Waals surface area contributed by atoms with Gasteiger partial charge in [0.15, 0.2) is 0 Å². The summed E-state index contributed by atoms with van der Waals surface area (Å²) < 4.78 is 42.9. The maximum absolute atomic E-state index is 12.9. The summed E-state index contributed by atoms with van der Waals surface area (Å²) in [4.78, 5) is 6.20. The molecule has 0 saturated heterocycles. The van der Waals surface area contributed by atoms with Gasteiger partial charge in [-0.2, -0.15) is 0 Å². The smallest absolute Gasteiger partial charge is 0.505 e. The Bertz CT molecular complexity index is 689. The first kappa shape index (κ1) is 17.9. The minimum Gasteiger partial charge on any atom is -0.505 e. The number of benzene rings is 2. The van der Waals surface area contributed by atoms with Gasteiger partial charge in [0.05, 0.1) is 5.69 Å². The molecule has 0 atom stereocenters. The molecule has 2 aromatic carbocycles. The van der Waals surface area contributed by atoms with Crippen LogP contribution in [0, 0.1) is 5.82 Å². The van der Waals surface area contributed by atoms with Gasteiger partial charge in [-0.15, -0.1) is 0 Å². The fourth-order valence-electron chi connectivity index (χ4n) is 2.28. The minimum atomic E-state index is -2.92. The van der Waals surface area contributed by atoms with E-state index in [2.05, 4.69) is 9.65 Å². The van der Waals surface area contributed by atoms with Crippen LogP contribution in [0.1, 0.15) is 19.4 Å². The summed E-state index contributed by atoms with van der Waals surface area (Å²) in [5.74, 6) is -0.306. The second-order valence-corrected chi connectivity index (χ2v) is 5.01. The fraction of sp³-hybridized carbons (Fsp3) is 0.235. The number of aliphatic imine (C=N–C) groups is 1. The van der Waals surface area contributed by atoms with Gasteiger partial charge in [0, 0.05) is 36.6 Å². The van der Waals surface area contributed by atoms with Gasteiger partial charge in [-0.05, 0) is 50.2 Å². The molecule has 0 N–H and O–H groups in total. The summed E-state index contributed by atoms with van der Waals surface area (Å²) in [7, 11) is -2.92. The summed E-state index contributed by atoms with van der Waals surface area (Å²) in [6.07, 6.45) is 1.43. The second kappa shape index (κ2) is 8.43. The van der Waals surface area contributed by atoms with Crippen molar-refractivity contribution in [1.29, 1.82) is 0 Å². The molecule has 0 aliphatic heterocycles. The minimum absolute atomic E-state index is 0.0558. The Hall–Kier alpha value is -2.44. The molecule has 0 bridgehead atoms. The number of rotatable bonds is 7. The summed E-state index contributed by atoms with van der Waals surface area (Å²) in [5, 5.41) is 0. The van der Waals surface area contributed by atoms with Crippen LogP contribution in [0.2, 0.25) is 0 Å². The topological polar surface area (TPSA) is 24.8 Å². The van der Waals surface area contributed by atoms with Crippen molar-refractivity contribution in [3.63, 3.8) is 0 Å². The largest absolute Gasteiger partial charge is 0.796 e. The van der Waals surface area contributed by atoms with Gasteiger partial charge in [0.25, 0.3) is 0 Å². The lowest BCUT2D eigenvalue weighted by Gasteiger charge is -2.22. The molecule has 24 heavy (non-hydrogen) atoms. The zero-order valence-electron chi connectivity index (χ0n) is 13.5. The second-order valence-electron chi connectivity index (χ2n) is 5.01. The molecule has 0 aliphatic rings. The third kappa shape index (κ3) is 4.78. The van der Waals surface area contributed by atoms with Crippen molar-refractivity contribution in [3.05, 3.63) is 53.8 Å². The van der Waals surface area contributed by atoms with Gasteiger partial charge in [0.2, 0.25) is 0 Å². The molecule has 2 rings (SSSR count). The number of halogens is 3. The number of hydrogen-bond acceptors (Lipinski definition) is 3. The highest BCUT2D eigenvalue weighted by molar-refractivity contribution is 6.35. The van der Waals surface area contributed by atoms with Crippen LogP contribution in [0.15, 0.2) is 47.5 Å². The highest BCUT2D eigenvalue weighted by atomic mass is 19.2. The van der Waals surface area contributed by atoms with E-state index in [1.807, 2.05) is 24.8 Å². The van der Waals surface area contributed by atoms with Crippen molar-refractivity contribution in [1.82, 2.24) is 0 Å². The van der Waals surface area contributed by atoms with Crippen LogP contribution >= 0.6 is 0 Å². The Morgan fingerprint density at radius 2 is 1.75 bits per heavy atom. The molecule has 0 saturated carbocycles. The van der Waals surface area contributed by atoms with E-state index in [0.29, 0.717) is 11.3 Å². The van der Waals surface area contributed by atoms with Crippen molar-refractivity contribution in [2.24, 2.45) is 4.99 Å². The molecule has 0 amide bonds. The fourth-order valence-corrected chi connectivity index (χ4v) is 2.28. The van der Waals surface area contributed by atoms with Gasteiger partial charge >= 0.3 is 7.47 Å². The van der Waals surface area contributed by atoms with Crippen LogP contribution in [0.4, 0.5) is 24.4 Å². The highest BCUT2D eigenvalue weighted by Gasteiger charge is 2.20. The summed E-state index contributed by atoms with van der Waals surface area (Å²) in [6, 6.07) is 10.7. The van der Waals surface area contributed by atoms with E-state index in [0.717, 1.165) is 18.8 Å². The van der Waals surface area contributed by atoms with Gasteiger partial charge in [-0.1, -0.05) is 0 Å². The third-order valence-corrected chi connectivity index (χ3v) is 3.52. The van der Waals surface area contributed by atoms with Gasteiger partial charge < -0.3 is 9.55 Å². The Kier molecular flexibility index (Phi) is 6.29. The molecule has 7 heteroatoms. The predicted octanol–water partition coefficient (Wildman–Crippen LogP) is 4.73. The first-order valence-electron chi connectivity index (χ1n) is 7.67. The summed E-state index contributed by atoms with van der Waals surface area (Å²) in [5.41, 5.74) is 1.75. The summed E-state index contributed by atoms with van der Waals surface area (Å²) in [6.45, 7) is 5.49. The van der Waals surface area contributed by atoms with Crippen LogP contribution in [-0.4, -0.2) is 26.8 Å². The van der Waals surface area contributed by atoms with E-state index in [9.17, 15) is 13.0 Å². The Morgan fingerprint density at radius 3 is 2.33 bits per heavy atom. The lowest BCUT2D eigenvalue weighted by Crippen LogP contribution is -2.22. The Labute approximate surface area is 140 Å². The molecule has 3 nitrogen and oxygen atoms in total. The summed E-state index contributed by atoms with van der Waals surface area (Å²) >= 11 is 0. The van der Waals surface area contributed by atoms with Crippen LogP contribution in [-0.2, 0) is 0 Å². The maximum atomic E-state index is 12.9. The van der Waals surface area contributed by atoms with Crippen molar-refractivity contribution < 1.29 is 17.7 Å². The predicted molar refractivity (Wildman–Crippen MR) is 92.3 cm³/mol. The number of nitrogens with zero attached hydrogens (tertiary/aromatic N) is 2. The molecule has 2 aromatic rings. The van der Waals surface area contributed by atoms with E-state index in [1.54, 1.807) is 12.1 Å². The van der Waals surface area contributed by atoms with E-state index < -0.39 is 7.47 Å². The van der Waals surface area contributed by atoms with Crippen molar-refractivity contribution in [2.45, 2.75) is 13.8 Å². The molecule has 126 valence electrons. The van der Waals surface area contributed by atoms with Gasteiger partial charge in [-0.3, -0.25) is 4.99 Å². The average molecular weight is 334 g/mol. The Balaban J connectivity index is 2.31. The first-order chi connectivity index (χ1) is 11.5. The van der Waals surface area contributed by atoms with Crippen LogP contribution < -0.4 is 9.55 Å². The molecule has 0 aliphatic carbocycles. The normalized spacial score (nSPS) is 10.9. The lowest BCUT2D eigenvalue weighted by molar-refractivity contribution is 0.425. The van der Waals surface area contributed by atoms with Gasteiger partial charge in [0.1, 0.15) is 11.6 Å². The molecule has 0 spiro atoms. The first-order valence-corrected chi connectivity index (χ1v) is 7.67. The zero-order valence-corrected chi connectivity index (χ0v) is 13.5. The lowest BCUT2D eigenvalue weighted by atomic mass is 10.1. The van der Waals surface area contributed by atoms with Crippen molar-refractivity contribution in [3.8, 4) is 5.75 Å². The zero-order chi connectivity index (χ0) is 17.5. The van der Waals surface area contributed by atoms with Crippen LogP contribution in [0.5, 0.6) is 5.75 Å². The van der Waals surface area contributed by atoms with Gasteiger partial charge in [-0.25, -0.2) is 13.0 Å². The van der Waals surface area contributed by atoms with Crippen molar-refractivity contribution in [2.75, 3.05) is 18.0 Å². The molecule has 0 unspecified atom stereocenters. The SMILES string of the molecule is CCN(CC)c1ccc(C=Nc2ccc(F)cc2)c(OB(F)F)c1. The quantitative estimate of drug-likeness (QED) is 0.540. The van der Waals surface area contributed by atoms with E-state index >= 15 is 0 Å². The molecule has 0 heterocycles. The van der Waals surface area contributed by atoms with E-state index in [4.69, 9.17) is 0 Å². The molecule has 0 aromatic heterocycles. The average Bonchev–Trinajstić information content (AvgIpc) is 2.56. The van der Waals surface area contributed by atoms with E-state index in [-0.39, 0.29) is 11.6 Å². The number of hydrogen-bond donors (Lipinski definition) is 0.